The monoisotopic (exact) mass is 197 g/mol. The Morgan fingerprint density at radius 1 is 1.71 bits per heavy atom. The van der Waals surface area contributed by atoms with Gasteiger partial charge in [0.1, 0.15) is 0 Å². The normalized spacial score (nSPS) is 24.9. The first kappa shape index (κ1) is 10.2. The Labute approximate surface area is 80.8 Å². The number of allylic oxidation sites excluding steroid dienone is 2. The molecule has 0 spiro atoms. The summed E-state index contributed by atoms with van der Waals surface area (Å²) < 4.78 is 0. The predicted octanol–water partition coefficient (Wildman–Crippen LogP) is 0.116. The smallest absolute Gasteiger partial charge is 0.306 e. The number of nitrogens with zero attached hydrogens (tertiary/aromatic N) is 1. The molecule has 1 atom stereocenters. The van der Waals surface area contributed by atoms with Gasteiger partial charge in [-0.15, -0.1) is 0 Å². The van der Waals surface area contributed by atoms with Crippen molar-refractivity contribution in [2.24, 2.45) is 0 Å². The van der Waals surface area contributed by atoms with Crippen LogP contribution >= 0.6 is 0 Å². The first-order chi connectivity index (χ1) is 6.46. The van der Waals surface area contributed by atoms with Crippen molar-refractivity contribution in [3.05, 3.63) is 34.0 Å². The van der Waals surface area contributed by atoms with Crippen LogP contribution in [0.3, 0.4) is 0 Å². The molecule has 0 aliphatic carbocycles. The number of carbonyl (C=O) groups excluding carboxylic acids is 1. The molecule has 0 radical (unpaired) electrons. The van der Waals surface area contributed by atoms with Crippen LogP contribution in [-0.4, -0.2) is 16.6 Å². The second-order valence-corrected chi connectivity index (χ2v) is 3.07. The predicted molar refractivity (Wildman–Crippen MR) is 49.6 cm³/mol. The Morgan fingerprint density at radius 2 is 2.36 bits per heavy atom. The topological polar surface area (TPSA) is 84.3 Å². The van der Waals surface area contributed by atoms with Crippen LogP contribution in [0.15, 0.2) is 23.9 Å². The molecule has 1 rings (SSSR count). The number of rotatable bonds is 2. The van der Waals surface area contributed by atoms with E-state index in [9.17, 15) is 14.9 Å². The summed E-state index contributed by atoms with van der Waals surface area (Å²) in [6.07, 6.45) is 4.48. The Bertz CT molecular complexity index is 335. The fourth-order valence-corrected chi connectivity index (χ4v) is 1.21. The highest BCUT2D eigenvalue weighted by Gasteiger charge is 2.41. The highest BCUT2D eigenvalue weighted by Crippen LogP contribution is 2.13. The van der Waals surface area contributed by atoms with E-state index in [-0.39, 0.29) is 0 Å². The third-order valence-electron chi connectivity index (χ3n) is 1.74. The van der Waals surface area contributed by atoms with Crippen molar-refractivity contribution in [3.63, 3.8) is 0 Å². The van der Waals surface area contributed by atoms with E-state index in [1.807, 2.05) is 0 Å². The van der Waals surface area contributed by atoms with E-state index in [4.69, 9.17) is 0 Å². The maximum absolute atomic E-state index is 10.8. The van der Waals surface area contributed by atoms with Gasteiger partial charge in [-0.2, -0.15) is 0 Å². The average Bonchev–Trinajstić information content (AvgIpc) is 2.02. The largest absolute Gasteiger partial charge is 0.395 e. The zero-order chi connectivity index (χ0) is 10.8. The maximum atomic E-state index is 10.8. The molecule has 0 saturated carbocycles. The number of nitrogens with one attached hydrogen (secondary N) is 2. The van der Waals surface area contributed by atoms with Crippen LogP contribution in [0.5, 0.6) is 0 Å². The number of amides is 1. The van der Waals surface area contributed by atoms with Gasteiger partial charge >= 0.3 is 5.79 Å². The van der Waals surface area contributed by atoms with Crippen LogP contribution in [0.1, 0.15) is 13.8 Å². The Hall–Kier alpha value is -1.85. The first-order valence-electron chi connectivity index (χ1n) is 4.03. The first-order valence-corrected chi connectivity index (χ1v) is 4.03. The molecule has 1 heterocycles. The number of hydrogen-bond donors (Lipinski definition) is 2. The standard InChI is InChI=1S/C8H11N3O3/c1-6-3-4-9-8(5-6,11(13)14)10-7(2)12/h3-5,9H,1-2H3,(H,10,12). The van der Waals surface area contributed by atoms with Crippen molar-refractivity contribution in [2.45, 2.75) is 19.6 Å². The summed E-state index contributed by atoms with van der Waals surface area (Å²) in [6.45, 7) is 2.95. The highest BCUT2D eigenvalue weighted by molar-refractivity contribution is 5.74. The molecule has 76 valence electrons. The van der Waals surface area contributed by atoms with Crippen LogP contribution < -0.4 is 10.6 Å². The quantitative estimate of drug-likeness (QED) is 0.374. The van der Waals surface area contributed by atoms with Gasteiger partial charge in [-0.05, 0) is 18.6 Å². The van der Waals surface area contributed by atoms with E-state index in [1.165, 1.54) is 19.2 Å². The molecular formula is C8H11N3O3. The zero-order valence-corrected chi connectivity index (χ0v) is 7.90. The molecule has 6 nitrogen and oxygen atoms in total. The SMILES string of the molecule is CC(=O)NC1([N+](=O)[O-])C=C(C)C=CN1. The Balaban J connectivity index is 3.00. The lowest BCUT2D eigenvalue weighted by molar-refractivity contribution is -0.566. The van der Waals surface area contributed by atoms with Gasteiger partial charge < -0.3 is 5.32 Å². The number of carbonyl (C=O) groups is 1. The molecule has 1 aliphatic heterocycles. The molecule has 0 aromatic rings. The molecule has 0 saturated heterocycles. The lowest BCUT2D eigenvalue weighted by Crippen LogP contribution is -2.61. The van der Waals surface area contributed by atoms with Gasteiger partial charge in [-0.3, -0.25) is 20.2 Å². The van der Waals surface area contributed by atoms with E-state index in [2.05, 4.69) is 10.6 Å². The van der Waals surface area contributed by atoms with Gasteiger partial charge in [0.25, 0.3) is 0 Å². The summed E-state index contributed by atoms with van der Waals surface area (Å²) in [6, 6.07) is 0. The van der Waals surface area contributed by atoms with Crippen LogP contribution in [-0.2, 0) is 4.79 Å². The van der Waals surface area contributed by atoms with Crippen molar-refractivity contribution in [2.75, 3.05) is 0 Å². The summed E-state index contributed by atoms with van der Waals surface area (Å²) in [4.78, 5) is 21.0. The van der Waals surface area contributed by atoms with Gasteiger partial charge in [0.15, 0.2) is 0 Å². The van der Waals surface area contributed by atoms with Crippen LogP contribution in [0.4, 0.5) is 0 Å². The van der Waals surface area contributed by atoms with Crippen LogP contribution in [0.25, 0.3) is 0 Å². The van der Waals surface area contributed by atoms with Gasteiger partial charge in [0.2, 0.25) is 5.91 Å². The Morgan fingerprint density at radius 3 is 2.79 bits per heavy atom. The lowest BCUT2D eigenvalue weighted by atomic mass is 10.1. The van der Waals surface area contributed by atoms with E-state index < -0.39 is 16.6 Å². The minimum atomic E-state index is -1.70. The van der Waals surface area contributed by atoms with E-state index in [0.29, 0.717) is 5.57 Å². The van der Waals surface area contributed by atoms with Gasteiger partial charge in [-0.25, -0.2) is 0 Å². The molecule has 1 aliphatic rings. The third-order valence-corrected chi connectivity index (χ3v) is 1.74. The third kappa shape index (κ3) is 1.90. The van der Waals surface area contributed by atoms with Crippen molar-refractivity contribution < 1.29 is 9.72 Å². The molecular weight excluding hydrogens is 186 g/mol. The number of hydrogen-bond acceptors (Lipinski definition) is 4. The lowest BCUT2D eigenvalue weighted by Gasteiger charge is -2.25. The van der Waals surface area contributed by atoms with E-state index >= 15 is 0 Å². The van der Waals surface area contributed by atoms with Gasteiger partial charge in [0, 0.05) is 19.2 Å². The highest BCUT2D eigenvalue weighted by atomic mass is 16.6. The summed E-state index contributed by atoms with van der Waals surface area (Å²) in [7, 11) is 0. The molecule has 0 bridgehead atoms. The van der Waals surface area contributed by atoms with Crippen molar-refractivity contribution in [1.29, 1.82) is 0 Å². The van der Waals surface area contributed by atoms with Crippen LogP contribution in [0.2, 0.25) is 0 Å². The minimum Gasteiger partial charge on any atom is -0.306 e. The van der Waals surface area contributed by atoms with Crippen LogP contribution in [0, 0.1) is 10.1 Å². The maximum Gasteiger partial charge on any atom is 0.395 e. The van der Waals surface area contributed by atoms with Gasteiger partial charge in [0.05, 0.1) is 4.92 Å². The molecule has 0 fully saturated rings. The molecule has 2 N–H and O–H groups in total. The average molecular weight is 197 g/mol. The second kappa shape index (κ2) is 3.49. The summed E-state index contributed by atoms with van der Waals surface area (Å²) >= 11 is 0. The fourth-order valence-electron chi connectivity index (χ4n) is 1.21. The molecule has 1 amide bonds. The number of nitro groups is 1. The van der Waals surface area contributed by atoms with Crippen molar-refractivity contribution in [1.82, 2.24) is 10.6 Å². The fraction of sp³-hybridized carbons (Fsp3) is 0.375. The number of dihydropyridines is 1. The van der Waals surface area contributed by atoms with Crippen molar-refractivity contribution in [3.8, 4) is 0 Å². The molecule has 6 heteroatoms. The second-order valence-electron chi connectivity index (χ2n) is 3.07. The molecule has 14 heavy (non-hydrogen) atoms. The molecule has 0 aromatic carbocycles. The summed E-state index contributed by atoms with van der Waals surface area (Å²) in [5, 5.41) is 15.6. The van der Waals surface area contributed by atoms with E-state index in [1.54, 1.807) is 13.0 Å². The van der Waals surface area contributed by atoms with E-state index in [0.717, 1.165) is 0 Å². The summed E-state index contributed by atoms with van der Waals surface area (Å²) in [5.41, 5.74) is 0.717. The Kier molecular flexibility index (Phi) is 2.55. The van der Waals surface area contributed by atoms with Gasteiger partial charge in [-0.1, -0.05) is 0 Å². The molecule has 0 aromatic heterocycles. The zero-order valence-electron chi connectivity index (χ0n) is 7.90. The molecule has 1 unspecified atom stereocenters. The van der Waals surface area contributed by atoms with Crippen molar-refractivity contribution >= 4 is 5.91 Å². The minimum absolute atomic E-state index is 0.464. The summed E-state index contributed by atoms with van der Waals surface area (Å²) in [5.74, 6) is -2.17.